The maximum atomic E-state index is 13.0. The van der Waals surface area contributed by atoms with Crippen LogP contribution >= 0.6 is 0 Å². The summed E-state index contributed by atoms with van der Waals surface area (Å²) in [6.07, 6.45) is 1.83. The Morgan fingerprint density at radius 3 is 2.82 bits per heavy atom. The van der Waals surface area contributed by atoms with Gasteiger partial charge in [-0.3, -0.25) is 14.9 Å². The highest BCUT2D eigenvalue weighted by molar-refractivity contribution is 6.08. The maximum Gasteiger partial charge on any atom is 0.286 e. The fourth-order valence-corrected chi connectivity index (χ4v) is 3.64. The molecule has 11 heteroatoms. The van der Waals surface area contributed by atoms with Crippen molar-refractivity contribution >= 4 is 28.3 Å². The minimum atomic E-state index is -0.651. The number of ether oxygens (including phenoxy) is 4. The lowest BCUT2D eigenvalue weighted by atomic mass is 10.1. The van der Waals surface area contributed by atoms with Gasteiger partial charge in [0, 0.05) is 25.5 Å². The molecule has 2 heterocycles. The molecule has 174 valence electrons. The second-order valence-corrected chi connectivity index (χ2v) is 7.43. The second-order valence-electron chi connectivity index (χ2n) is 7.43. The van der Waals surface area contributed by atoms with Crippen molar-refractivity contribution in [1.82, 2.24) is 9.97 Å². The summed E-state index contributed by atoms with van der Waals surface area (Å²) in [6.45, 7) is 1.18. The summed E-state index contributed by atoms with van der Waals surface area (Å²) in [5.74, 6) is 0.447. The van der Waals surface area contributed by atoms with Gasteiger partial charge < -0.3 is 29.2 Å². The monoisotopic (exact) mass is 456 g/mol. The number of nitro benzene ring substituents is 1. The number of nitrogens with zero attached hydrogens (tertiary/aromatic N) is 2. The molecular weight excluding hydrogens is 432 g/mol. The Balaban J connectivity index is 1.59. The molecule has 3 aromatic rings. The van der Waals surface area contributed by atoms with Gasteiger partial charge in [-0.2, -0.15) is 0 Å². The van der Waals surface area contributed by atoms with Gasteiger partial charge in [0.15, 0.2) is 11.5 Å². The zero-order valence-corrected chi connectivity index (χ0v) is 18.3. The molecule has 4 rings (SSSR count). The van der Waals surface area contributed by atoms with E-state index in [1.807, 2.05) is 0 Å². The van der Waals surface area contributed by atoms with Crippen LogP contribution in [0, 0.1) is 10.1 Å². The zero-order valence-electron chi connectivity index (χ0n) is 18.3. The van der Waals surface area contributed by atoms with E-state index in [9.17, 15) is 14.9 Å². The van der Waals surface area contributed by atoms with Crippen molar-refractivity contribution in [3.63, 3.8) is 0 Å². The molecule has 1 aromatic heterocycles. The van der Waals surface area contributed by atoms with E-state index in [0.717, 1.165) is 29.7 Å². The molecule has 2 N–H and O–H groups in total. The summed E-state index contributed by atoms with van der Waals surface area (Å²) in [6, 6.07) is 7.65. The molecule has 33 heavy (non-hydrogen) atoms. The first-order valence-electron chi connectivity index (χ1n) is 10.4. The van der Waals surface area contributed by atoms with Crippen LogP contribution in [0.4, 0.5) is 11.4 Å². The van der Waals surface area contributed by atoms with Gasteiger partial charge in [0.2, 0.25) is 0 Å². The van der Waals surface area contributed by atoms with Gasteiger partial charge in [0.1, 0.15) is 24.1 Å². The number of carbonyl (C=O) groups is 1. The van der Waals surface area contributed by atoms with Gasteiger partial charge in [0.05, 0.1) is 35.7 Å². The van der Waals surface area contributed by atoms with Gasteiger partial charge in [0.25, 0.3) is 11.6 Å². The standard InChI is InChI=1S/C22H24N4O7/c1-30-8-9-33-20-12-17(26(28)29)14(11-19(20)31-2)22(27)23-13-5-6-15-16(10-13)25-21(24-15)18-4-3-7-32-18/h5-6,10-12,18H,3-4,7-9H2,1-2H3,(H,23,27)(H,24,25). The molecule has 1 fully saturated rings. The minimum Gasteiger partial charge on any atom is -0.493 e. The van der Waals surface area contributed by atoms with E-state index in [-0.39, 0.29) is 29.8 Å². The van der Waals surface area contributed by atoms with Crippen molar-refractivity contribution in [2.24, 2.45) is 0 Å². The Bertz CT molecular complexity index is 1170. The number of fused-ring (bicyclic) bond motifs is 1. The average Bonchev–Trinajstić information content (AvgIpc) is 3.48. The number of hydrogen-bond acceptors (Lipinski definition) is 8. The third-order valence-electron chi connectivity index (χ3n) is 5.26. The number of hydrogen-bond donors (Lipinski definition) is 2. The molecule has 1 aliphatic rings. The van der Waals surface area contributed by atoms with E-state index in [1.54, 1.807) is 18.2 Å². The van der Waals surface area contributed by atoms with Crippen LogP contribution in [0.2, 0.25) is 0 Å². The SMILES string of the molecule is COCCOc1cc([N+](=O)[O-])c(C(=O)Nc2ccc3nc(C4CCCO4)[nH]c3c2)cc1OC. The predicted molar refractivity (Wildman–Crippen MR) is 119 cm³/mol. The Morgan fingerprint density at radius 1 is 1.27 bits per heavy atom. The lowest BCUT2D eigenvalue weighted by Gasteiger charge is -2.13. The van der Waals surface area contributed by atoms with Crippen LogP contribution in [-0.4, -0.2) is 54.8 Å². The number of benzene rings is 2. The fourth-order valence-electron chi connectivity index (χ4n) is 3.64. The van der Waals surface area contributed by atoms with Crippen LogP contribution in [0.3, 0.4) is 0 Å². The van der Waals surface area contributed by atoms with Crippen molar-refractivity contribution in [1.29, 1.82) is 0 Å². The van der Waals surface area contributed by atoms with Gasteiger partial charge in [-0.1, -0.05) is 0 Å². The number of nitrogens with one attached hydrogen (secondary N) is 2. The third kappa shape index (κ3) is 4.89. The number of aromatic amines is 1. The van der Waals surface area contributed by atoms with E-state index in [0.29, 0.717) is 18.9 Å². The molecule has 0 saturated carbocycles. The van der Waals surface area contributed by atoms with E-state index < -0.39 is 16.5 Å². The minimum absolute atomic E-state index is 0.0600. The summed E-state index contributed by atoms with van der Waals surface area (Å²) < 4.78 is 21.4. The molecule has 1 saturated heterocycles. The van der Waals surface area contributed by atoms with Crippen LogP contribution in [-0.2, 0) is 9.47 Å². The summed E-state index contributed by atoms with van der Waals surface area (Å²) in [7, 11) is 2.91. The fraction of sp³-hybridized carbons (Fsp3) is 0.364. The highest BCUT2D eigenvalue weighted by Crippen LogP contribution is 2.35. The quantitative estimate of drug-likeness (QED) is 0.283. The first kappa shape index (κ1) is 22.5. The van der Waals surface area contributed by atoms with Crippen LogP contribution in [0.1, 0.15) is 35.1 Å². The topological polar surface area (TPSA) is 138 Å². The lowest BCUT2D eigenvalue weighted by Crippen LogP contribution is -2.15. The maximum absolute atomic E-state index is 13.0. The number of aromatic nitrogens is 2. The smallest absolute Gasteiger partial charge is 0.286 e. The normalized spacial score (nSPS) is 15.5. The Morgan fingerprint density at radius 2 is 2.12 bits per heavy atom. The highest BCUT2D eigenvalue weighted by atomic mass is 16.6. The van der Waals surface area contributed by atoms with Crippen molar-refractivity contribution in [2.75, 3.05) is 39.4 Å². The number of rotatable bonds is 9. The van der Waals surface area contributed by atoms with Crippen molar-refractivity contribution < 1.29 is 28.7 Å². The first-order valence-corrected chi connectivity index (χ1v) is 10.4. The van der Waals surface area contributed by atoms with Crippen LogP contribution in [0.25, 0.3) is 11.0 Å². The molecule has 0 aliphatic carbocycles. The highest BCUT2D eigenvalue weighted by Gasteiger charge is 2.25. The van der Waals surface area contributed by atoms with Gasteiger partial charge >= 0.3 is 0 Å². The Kier molecular flexibility index (Phi) is 6.71. The molecule has 0 bridgehead atoms. The molecule has 1 amide bonds. The molecular formula is C22H24N4O7. The van der Waals surface area contributed by atoms with E-state index in [1.165, 1.54) is 26.4 Å². The third-order valence-corrected chi connectivity index (χ3v) is 5.26. The van der Waals surface area contributed by atoms with Crippen molar-refractivity contribution in [2.45, 2.75) is 18.9 Å². The molecule has 1 atom stereocenters. The molecule has 0 radical (unpaired) electrons. The van der Waals surface area contributed by atoms with Crippen molar-refractivity contribution in [3.05, 3.63) is 51.8 Å². The molecule has 1 aliphatic heterocycles. The Labute approximate surface area is 189 Å². The van der Waals surface area contributed by atoms with E-state index >= 15 is 0 Å². The summed E-state index contributed by atoms with van der Waals surface area (Å²) in [5.41, 5.74) is 1.38. The summed E-state index contributed by atoms with van der Waals surface area (Å²) in [4.78, 5) is 31.7. The molecule has 11 nitrogen and oxygen atoms in total. The summed E-state index contributed by atoms with van der Waals surface area (Å²) in [5, 5.41) is 14.4. The lowest BCUT2D eigenvalue weighted by molar-refractivity contribution is -0.385. The van der Waals surface area contributed by atoms with Crippen molar-refractivity contribution in [3.8, 4) is 11.5 Å². The number of carbonyl (C=O) groups excluding carboxylic acids is 1. The van der Waals surface area contributed by atoms with E-state index in [4.69, 9.17) is 18.9 Å². The van der Waals surface area contributed by atoms with Crippen LogP contribution in [0.5, 0.6) is 11.5 Å². The number of imidazole rings is 1. The molecule has 1 unspecified atom stereocenters. The van der Waals surface area contributed by atoms with Gasteiger partial charge in [-0.25, -0.2) is 4.98 Å². The average molecular weight is 456 g/mol. The number of methoxy groups -OCH3 is 2. The number of anilines is 1. The predicted octanol–water partition coefficient (Wildman–Crippen LogP) is 3.61. The molecule has 2 aromatic carbocycles. The zero-order chi connectivity index (χ0) is 23.4. The van der Waals surface area contributed by atoms with Crippen LogP contribution in [0.15, 0.2) is 30.3 Å². The second kappa shape index (κ2) is 9.84. The molecule has 0 spiro atoms. The van der Waals surface area contributed by atoms with Gasteiger partial charge in [-0.15, -0.1) is 0 Å². The largest absolute Gasteiger partial charge is 0.493 e. The van der Waals surface area contributed by atoms with Crippen LogP contribution < -0.4 is 14.8 Å². The first-order chi connectivity index (χ1) is 16.0. The van der Waals surface area contributed by atoms with E-state index in [2.05, 4.69) is 15.3 Å². The number of H-pyrrole nitrogens is 1. The number of amides is 1. The Hall–Kier alpha value is -3.70. The number of nitro groups is 1. The summed E-state index contributed by atoms with van der Waals surface area (Å²) >= 11 is 0. The van der Waals surface area contributed by atoms with Gasteiger partial charge in [-0.05, 0) is 31.0 Å².